The van der Waals surface area contributed by atoms with Crippen molar-refractivity contribution in [1.82, 2.24) is 10.6 Å². The fourth-order valence-corrected chi connectivity index (χ4v) is 2.43. The lowest BCUT2D eigenvalue weighted by atomic mass is 10.1. The third kappa shape index (κ3) is 3.86. The van der Waals surface area contributed by atoms with Crippen molar-refractivity contribution in [3.05, 3.63) is 23.8 Å². The second-order valence-corrected chi connectivity index (χ2v) is 5.16. The van der Waals surface area contributed by atoms with Crippen LogP contribution in [0.15, 0.2) is 18.2 Å². The Morgan fingerprint density at radius 1 is 1.24 bits per heavy atom. The molecule has 1 unspecified atom stereocenters. The molecular formula is C15H20N2O4. The lowest BCUT2D eigenvalue weighted by Gasteiger charge is -2.23. The summed E-state index contributed by atoms with van der Waals surface area (Å²) in [7, 11) is 0. The molecule has 2 aliphatic rings. The van der Waals surface area contributed by atoms with E-state index in [2.05, 4.69) is 10.6 Å². The number of nitrogens with one attached hydrogen (secondary N) is 2. The first-order chi connectivity index (χ1) is 10.3. The van der Waals surface area contributed by atoms with Crippen molar-refractivity contribution in [3.8, 4) is 11.5 Å². The summed E-state index contributed by atoms with van der Waals surface area (Å²) >= 11 is 0. The van der Waals surface area contributed by atoms with E-state index in [-0.39, 0.29) is 12.0 Å². The molecule has 1 fully saturated rings. The Bertz CT molecular complexity index is 500. The summed E-state index contributed by atoms with van der Waals surface area (Å²) in [5, 5.41) is 6.12. The van der Waals surface area contributed by atoms with E-state index in [1.54, 1.807) is 0 Å². The largest absolute Gasteiger partial charge is 0.486 e. The van der Waals surface area contributed by atoms with E-state index in [9.17, 15) is 4.79 Å². The molecule has 0 bridgehead atoms. The molecule has 1 aromatic rings. The minimum absolute atomic E-state index is 0.00131. The highest BCUT2D eigenvalue weighted by Crippen LogP contribution is 2.30. The molecule has 6 nitrogen and oxygen atoms in total. The summed E-state index contributed by atoms with van der Waals surface area (Å²) in [6.45, 7) is 3.88. The van der Waals surface area contributed by atoms with Crippen LogP contribution in [0.25, 0.3) is 0 Å². The Morgan fingerprint density at radius 2 is 2.10 bits per heavy atom. The molecule has 1 atom stereocenters. The van der Waals surface area contributed by atoms with Crippen LogP contribution in [0.5, 0.6) is 11.5 Å². The molecule has 6 heteroatoms. The molecule has 0 saturated carbocycles. The Morgan fingerprint density at radius 3 is 2.90 bits per heavy atom. The van der Waals surface area contributed by atoms with Gasteiger partial charge in [-0.05, 0) is 17.7 Å². The van der Waals surface area contributed by atoms with Gasteiger partial charge in [0.15, 0.2) is 11.5 Å². The highest BCUT2D eigenvalue weighted by Gasteiger charge is 2.17. The van der Waals surface area contributed by atoms with Crippen LogP contribution >= 0.6 is 0 Å². The van der Waals surface area contributed by atoms with Gasteiger partial charge in [0.1, 0.15) is 13.2 Å². The lowest BCUT2D eigenvalue weighted by Crippen LogP contribution is -2.41. The van der Waals surface area contributed by atoms with Gasteiger partial charge in [-0.1, -0.05) is 6.07 Å². The molecule has 0 radical (unpaired) electrons. The molecule has 2 N–H and O–H groups in total. The van der Waals surface area contributed by atoms with Crippen LogP contribution in [0.1, 0.15) is 12.0 Å². The first kappa shape index (κ1) is 14.2. The summed E-state index contributed by atoms with van der Waals surface area (Å²) in [4.78, 5) is 11.9. The van der Waals surface area contributed by atoms with Gasteiger partial charge in [0.2, 0.25) is 5.91 Å². The zero-order valence-corrected chi connectivity index (χ0v) is 11.9. The summed E-state index contributed by atoms with van der Waals surface area (Å²) < 4.78 is 16.5. The van der Waals surface area contributed by atoms with Gasteiger partial charge in [-0.3, -0.25) is 4.79 Å². The minimum Gasteiger partial charge on any atom is -0.486 e. The summed E-state index contributed by atoms with van der Waals surface area (Å²) in [6.07, 6.45) is 0.358. The van der Waals surface area contributed by atoms with E-state index >= 15 is 0 Å². The lowest BCUT2D eigenvalue weighted by molar-refractivity contribution is -0.124. The summed E-state index contributed by atoms with van der Waals surface area (Å²) in [6, 6.07) is 5.73. The van der Waals surface area contributed by atoms with E-state index in [0.29, 0.717) is 32.8 Å². The molecule has 3 rings (SSSR count). The average Bonchev–Trinajstić information content (AvgIpc) is 2.54. The van der Waals surface area contributed by atoms with Crippen molar-refractivity contribution >= 4 is 5.91 Å². The van der Waals surface area contributed by atoms with Gasteiger partial charge in [0.05, 0.1) is 19.1 Å². The van der Waals surface area contributed by atoms with Crippen molar-refractivity contribution in [2.75, 3.05) is 32.9 Å². The van der Waals surface area contributed by atoms with E-state index < -0.39 is 0 Å². The molecule has 1 saturated heterocycles. The van der Waals surface area contributed by atoms with Gasteiger partial charge in [-0.2, -0.15) is 0 Å². The Labute approximate surface area is 123 Å². The Kier molecular flexibility index (Phi) is 4.57. The van der Waals surface area contributed by atoms with Gasteiger partial charge < -0.3 is 24.8 Å². The van der Waals surface area contributed by atoms with Gasteiger partial charge in [0, 0.05) is 19.6 Å². The number of carbonyl (C=O) groups excluding carboxylic acids is 1. The van der Waals surface area contributed by atoms with Crippen LogP contribution in [-0.4, -0.2) is 44.9 Å². The molecule has 1 aromatic carbocycles. The van der Waals surface area contributed by atoms with Crippen LogP contribution in [0.2, 0.25) is 0 Å². The zero-order valence-electron chi connectivity index (χ0n) is 11.9. The SMILES string of the molecule is O=C(CC1CNCCO1)NCc1ccc2c(c1)OCCO2. The predicted octanol–water partition coefficient (Wildman–Crippen LogP) is 0.453. The third-order valence-electron chi connectivity index (χ3n) is 3.51. The molecule has 1 amide bonds. The monoisotopic (exact) mass is 292 g/mol. The maximum atomic E-state index is 11.9. The minimum atomic E-state index is -0.0287. The molecular weight excluding hydrogens is 272 g/mol. The van der Waals surface area contributed by atoms with Gasteiger partial charge in [0.25, 0.3) is 0 Å². The Balaban J connectivity index is 1.49. The topological polar surface area (TPSA) is 68.8 Å². The smallest absolute Gasteiger partial charge is 0.222 e. The fourth-order valence-electron chi connectivity index (χ4n) is 2.43. The quantitative estimate of drug-likeness (QED) is 0.843. The number of ether oxygens (including phenoxy) is 3. The number of benzene rings is 1. The number of rotatable bonds is 4. The molecule has 0 spiro atoms. The van der Waals surface area contributed by atoms with E-state index in [0.717, 1.165) is 30.2 Å². The summed E-state index contributed by atoms with van der Waals surface area (Å²) in [5.41, 5.74) is 0.996. The van der Waals surface area contributed by atoms with E-state index in [1.165, 1.54) is 0 Å². The van der Waals surface area contributed by atoms with Crippen LogP contribution in [-0.2, 0) is 16.1 Å². The van der Waals surface area contributed by atoms with Gasteiger partial charge in [-0.15, -0.1) is 0 Å². The second kappa shape index (κ2) is 6.78. The maximum Gasteiger partial charge on any atom is 0.222 e. The van der Waals surface area contributed by atoms with Crippen molar-refractivity contribution < 1.29 is 19.0 Å². The molecule has 21 heavy (non-hydrogen) atoms. The van der Waals surface area contributed by atoms with Crippen molar-refractivity contribution in [2.45, 2.75) is 19.1 Å². The molecule has 2 heterocycles. The molecule has 2 aliphatic heterocycles. The zero-order chi connectivity index (χ0) is 14.5. The van der Waals surface area contributed by atoms with E-state index in [1.807, 2.05) is 18.2 Å². The highest BCUT2D eigenvalue weighted by atomic mass is 16.6. The standard InChI is InChI=1S/C15H20N2O4/c18-15(8-12-10-16-3-4-19-12)17-9-11-1-2-13-14(7-11)21-6-5-20-13/h1-2,7,12,16H,3-6,8-10H2,(H,17,18). The number of hydrogen-bond donors (Lipinski definition) is 2. The number of carbonyl (C=O) groups is 1. The number of morpholine rings is 1. The summed E-state index contributed by atoms with van der Waals surface area (Å²) in [5.74, 6) is 1.50. The number of amides is 1. The highest BCUT2D eigenvalue weighted by molar-refractivity contribution is 5.76. The predicted molar refractivity (Wildman–Crippen MR) is 76.5 cm³/mol. The fraction of sp³-hybridized carbons (Fsp3) is 0.533. The van der Waals surface area contributed by atoms with Crippen LogP contribution < -0.4 is 20.1 Å². The van der Waals surface area contributed by atoms with Crippen LogP contribution in [0.3, 0.4) is 0 Å². The van der Waals surface area contributed by atoms with Crippen molar-refractivity contribution in [1.29, 1.82) is 0 Å². The van der Waals surface area contributed by atoms with Gasteiger partial charge in [-0.25, -0.2) is 0 Å². The van der Waals surface area contributed by atoms with Crippen LogP contribution in [0, 0.1) is 0 Å². The van der Waals surface area contributed by atoms with E-state index in [4.69, 9.17) is 14.2 Å². The second-order valence-electron chi connectivity index (χ2n) is 5.16. The van der Waals surface area contributed by atoms with Crippen molar-refractivity contribution in [3.63, 3.8) is 0 Å². The number of fused-ring (bicyclic) bond motifs is 1. The van der Waals surface area contributed by atoms with Gasteiger partial charge >= 0.3 is 0 Å². The molecule has 114 valence electrons. The molecule has 0 aliphatic carbocycles. The van der Waals surface area contributed by atoms with Crippen LogP contribution in [0.4, 0.5) is 0 Å². The Hall–Kier alpha value is -1.79. The first-order valence-electron chi connectivity index (χ1n) is 7.29. The van der Waals surface area contributed by atoms with Crippen molar-refractivity contribution in [2.24, 2.45) is 0 Å². The first-order valence-corrected chi connectivity index (χ1v) is 7.29. The average molecular weight is 292 g/mol. The number of hydrogen-bond acceptors (Lipinski definition) is 5. The molecule has 0 aromatic heterocycles. The third-order valence-corrected chi connectivity index (χ3v) is 3.51. The normalized spacial score (nSPS) is 20.9. The maximum absolute atomic E-state index is 11.9.